The van der Waals surface area contributed by atoms with Gasteiger partial charge in [0, 0.05) is 6.54 Å². The first-order valence-corrected chi connectivity index (χ1v) is 8.22. The van der Waals surface area contributed by atoms with Crippen molar-refractivity contribution < 1.29 is 23.9 Å². The Kier molecular flexibility index (Phi) is 8.07. The third-order valence-electron chi connectivity index (χ3n) is 3.12. The largest absolute Gasteiger partial charge is 0.444 e. The Morgan fingerprint density at radius 2 is 1.76 bits per heavy atom. The van der Waals surface area contributed by atoms with Crippen molar-refractivity contribution in [3.05, 3.63) is 35.9 Å². The third-order valence-corrected chi connectivity index (χ3v) is 3.12. The van der Waals surface area contributed by atoms with Gasteiger partial charge in [-0.3, -0.25) is 0 Å². The number of alkyl carbamates (subject to hydrolysis) is 1. The number of hydrogen-bond acceptors (Lipinski definition) is 6. The maximum atomic E-state index is 11.8. The summed E-state index contributed by atoms with van der Waals surface area (Å²) in [5.74, 6) is -1.47. The zero-order chi connectivity index (χ0) is 18.9. The lowest BCUT2D eigenvalue weighted by Crippen LogP contribution is -2.34. The Labute approximate surface area is 147 Å². The maximum Gasteiger partial charge on any atom is 0.407 e. The van der Waals surface area contributed by atoms with E-state index in [4.69, 9.17) is 15.2 Å². The van der Waals surface area contributed by atoms with Crippen LogP contribution in [0.25, 0.3) is 0 Å². The summed E-state index contributed by atoms with van der Waals surface area (Å²) in [7, 11) is 0. The molecule has 0 radical (unpaired) electrons. The molecule has 0 fully saturated rings. The highest BCUT2D eigenvalue weighted by molar-refractivity contribution is 5.97. The molecule has 1 rings (SSSR count). The van der Waals surface area contributed by atoms with Gasteiger partial charge in [-0.15, -0.1) is 0 Å². The number of carbonyl (C=O) groups excluding carboxylic acids is 3. The fourth-order valence-corrected chi connectivity index (χ4v) is 1.91. The normalized spacial score (nSPS) is 12.2. The van der Waals surface area contributed by atoms with Crippen molar-refractivity contribution in [2.75, 3.05) is 6.54 Å². The molecule has 0 bridgehead atoms. The van der Waals surface area contributed by atoms with E-state index >= 15 is 0 Å². The summed E-state index contributed by atoms with van der Waals surface area (Å²) in [6.45, 7) is 5.77. The van der Waals surface area contributed by atoms with E-state index < -0.39 is 29.7 Å². The smallest absolute Gasteiger partial charge is 0.407 e. The number of benzene rings is 1. The number of rotatable bonds is 7. The van der Waals surface area contributed by atoms with E-state index in [1.807, 2.05) is 0 Å². The molecule has 0 heterocycles. The molecule has 0 aliphatic heterocycles. The molecule has 7 nitrogen and oxygen atoms in total. The number of amides is 1. The highest BCUT2D eigenvalue weighted by Crippen LogP contribution is 2.07. The van der Waals surface area contributed by atoms with Crippen LogP contribution in [0, 0.1) is 0 Å². The summed E-state index contributed by atoms with van der Waals surface area (Å²) in [5.41, 5.74) is 5.49. The van der Waals surface area contributed by atoms with Gasteiger partial charge in [0.1, 0.15) is 11.6 Å². The van der Waals surface area contributed by atoms with Gasteiger partial charge in [0.2, 0.25) is 0 Å². The number of nitrogens with one attached hydrogen (secondary N) is 1. The number of carbonyl (C=O) groups is 3. The summed E-state index contributed by atoms with van der Waals surface area (Å²) in [6, 6.07) is 7.36. The molecule has 0 aromatic heterocycles. The molecule has 25 heavy (non-hydrogen) atoms. The summed E-state index contributed by atoms with van der Waals surface area (Å²) in [6.07, 6.45) is 1.11. The Hall–Kier alpha value is -2.41. The molecule has 0 aliphatic rings. The summed E-state index contributed by atoms with van der Waals surface area (Å²) >= 11 is 0. The molecule has 1 amide bonds. The first kappa shape index (κ1) is 20.6. The summed E-state index contributed by atoms with van der Waals surface area (Å²) < 4.78 is 9.86. The number of esters is 2. The first-order chi connectivity index (χ1) is 11.7. The molecule has 1 aromatic carbocycles. The molecular weight excluding hydrogens is 324 g/mol. The molecule has 0 spiro atoms. The van der Waals surface area contributed by atoms with Crippen molar-refractivity contribution in [1.29, 1.82) is 0 Å². The van der Waals surface area contributed by atoms with Gasteiger partial charge in [-0.05, 0) is 52.2 Å². The molecule has 0 aliphatic carbocycles. The van der Waals surface area contributed by atoms with Crippen LogP contribution >= 0.6 is 0 Å². The van der Waals surface area contributed by atoms with Crippen molar-refractivity contribution in [3.8, 4) is 0 Å². The average molecular weight is 350 g/mol. The number of unbranched alkanes of at least 4 members (excludes halogenated alkanes) is 1. The lowest BCUT2D eigenvalue weighted by atomic mass is 10.1. The second kappa shape index (κ2) is 9.78. The lowest BCUT2D eigenvalue weighted by Gasteiger charge is -2.19. The predicted molar refractivity (Wildman–Crippen MR) is 92.9 cm³/mol. The van der Waals surface area contributed by atoms with E-state index in [1.54, 1.807) is 51.1 Å². The molecule has 7 heteroatoms. The third kappa shape index (κ3) is 8.85. The number of nitrogens with two attached hydrogens (primary N) is 1. The van der Waals surface area contributed by atoms with Crippen molar-refractivity contribution in [2.24, 2.45) is 5.73 Å². The fourth-order valence-electron chi connectivity index (χ4n) is 1.91. The number of hydrogen-bond donors (Lipinski definition) is 2. The van der Waals surface area contributed by atoms with Gasteiger partial charge < -0.3 is 20.5 Å². The fraction of sp³-hybridized carbons (Fsp3) is 0.500. The highest BCUT2D eigenvalue weighted by atomic mass is 16.6. The van der Waals surface area contributed by atoms with Crippen LogP contribution < -0.4 is 11.1 Å². The van der Waals surface area contributed by atoms with Gasteiger partial charge in [0.15, 0.2) is 0 Å². The SMILES string of the molecule is CC(C)(C)OC(=O)NCCCC[C@H](N)C(=O)OC(=O)c1ccccc1. The van der Waals surface area contributed by atoms with Gasteiger partial charge in [0.05, 0.1) is 5.56 Å². The van der Waals surface area contributed by atoms with E-state index in [-0.39, 0.29) is 0 Å². The van der Waals surface area contributed by atoms with Crippen LogP contribution in [0.2, 0.25) is 0 Å². The van der Waals surface area contributed by atoms with Crippen molar-refractivity contribution in [1.82, 2.24) is 5.32 Å². The second-order valence-corrected chi connectivity index (χ2v) is 6.61. The summed E-state index contributed by atoms with van der Waals surface area (Å²) in [5, 5.41) is 2.62. The van der Waals surface area contributed by atoms with Crippen LogP contribution in [0.15, 0.2) is 30.3 Å². The van der Waals surface area contributed by atoms with Crippen LogP contribution in [0.3, 0.4) is 0 Å². The maximum absolute atomic E-state index is 11.8. The number of ether oxygens (including phenoxy) is 2. The topological polar surface area (TPSA) is 108 Å². The molecule has 3 N–H and O–H groups in total. The van der Waals surface area contributed by atoms with Gasteiger partial charge in [0.25, 0.3) is 0 Å². The van der Waals surface area contributed by atoms with Crippen LogP contribution in [0.5, 0.6) is 0 Å². The van der Waals surface area contributed by atoms with E-state index in [9.17, 15) is 14.4 Å². The highest BCUT2D eigenvalue weighted by Gasteiger charge is 2.19. The van der Waals surface area contributed by atoms with Crippen LogP contribution in [-0.4, -0.2) is 36.2 Å². The average Bonchev–Trinajstić information content (AvgIpc) is 2.53. The van der Waals surface area contributed by atoms with E-state index in [0.717, 1.165) is 0 Å². The van der Waals surface area contributed by atoms with Gasteiger partial charge in [-0.25, -0.2) is 14.4 Å². The van der Waals surface area contributed by atoms with Gasteiger partial charge in [-0.1, -0.05) is 18.2 Å². The minimum Gasteiger partial charge on any atom is -0.444 e. The monoisotopic (exact) mass is 350 g/mol. The Morgan fingerprint density at radius 1 is 1.12 bits per heavy atom. The molecule has 138 valence electrons. The molecule has 0 unspecified atom stereocenters. The Balaban J connectivity index is 2.21. The Bertz CT molecular complexity index is 581. The first-order valence-electron chi connectivity index (χ1n) is 8.22. The molecule has 0 saturated carbocycles. The van der Waals surface area contributed by atoms with Crippen LogP contribution in [0.4, 0.5) is 4.79 Å². The van der Waals surface area contributed by atoms with Crippen molar-refractivity contribution in [2.45, 2.75) is 51.7 Å². The molecular formula is C18H26N2O5. The van der Waals surface area contributed by atoms with Crippen molar-refractivity contribution in [3.63, 3.8) is 0 Å². The minimum atomic E-state index is -0.880. The zero-order valence-electron chi connectivity index (χ0n) is 14.9. The van der Waals surface area contributed by atoms with Crippen molar-refractivity contribution >= 4 is 18.0 Å². The molecule has 1 atom stereocenters. The second-order valence-electron chi connectivity index (χ2n) is 6.61. The van der Waals surface area contributed by atoms with Crippen LogP contribution in [-0.2, 0) is 14.3 Å². The molecule has 0 saturated heterocycles. The van der Waals surface area contributed by atoms with Crippen LogP contribution in [0.1, 0.15) is 50.4 Å². The molecule has 1 aromatic rings. The standard InChI is InChI=1S/C18H26N2O5/c1-18(2,3)25-17(23)20-12-8-7-11-14(19)16(22)24-15(21)13-9-5-4-6-10-13/h4-6,9-10,14H,7-8,11-12,19H2,1-3H3,(H,20,23)/t14-/m0/s1. The van der Waals surface area contributed by atoms with E-state index in [2.05, 4.69) is 5.32 Å². The van der Waals surface area contributed by atoms with E-state index in [1.165, 1.54) is 0 Å². The minimum absolute atomic E-state index is 0.296. The van der Waals surface area contributed by atoms with Gasteiger partial charge >= 0.3 is 18.0 Å². The van der Waals surface area contributed by atoms with Gasteiger partial charge in [-0.2, -0.15) is 0 Å². The Morgan fingerprint density at radius 3 is 2.36 bits per heavy atom. The quantitative estimate of drug-likeness (QED) is 0.444. The lowest BCUT2D eigenvalue weighted by molar-refractivity contribution is -0.139. The predicted octanol–water partition coefficient (Wildman–Crippen LogP) is 2.39. The zero-order valence-corrected chi connectivity index (χ0v) is 14.9. The summed E-state index contributed by atoms with van der Waals surface area (Å²) in [4.78, 5) is 35.0. The van der Waals surface area contributed by atoms with E-state index in [0.29, 0.717) is 31.4 Å².